The standard InChI is InChI=1S/C8H16N2O/c1-7-4-3-5-10(7)8(11)6-9-2/h7,9H,3-6H2,1-2H3. The highest BCUT2D eigenvalue weighted by atomic mass is 16.2. The summed E-state index contributed by atoms with van der Waals surface area (Å²) in [4.78, 5) is 13.3. The van der Waals surface area contributed by atoms with Crippen molar-refractivity contribution < 1.29 is 4.79 Å². The van der Waals surface area contributed by atoms with Crippen LogP contribution in [0.2, 0.25) is 0 Å². The van der Waals surface area contributed by atoms with Gasteiger partial charge in [-0.1, -0.05) is 0 Å². The van der Waals surface area contributed by atoms with Crippen LogP contribution in [0.25, 0.3) is 0 Å². The van der Waals surface area contributed by atoms with Gasteiger partial charge in [0.2, 0.25) is 5.91 Å². The molecule has 1 saturated heterocycles. The van der Waals surface area contributed by atoms with Crippen molar-refractivity contribution in [2.24, 2.45) is 0 Å². The van der Waals surface area contributed by atoms with Crippen LogP contribution >= 0.6 is 0 Å². The van der Waals surface area contributed by atoms with E-state index < -0.39 is 0 Å². The fourth-order valence-electron chi connectivity index (χ4n) is 1.56. The number of likely N-dealkylation sites (N-methyl/N-ethyl adjacent to an activating group) is 1. The molecule has 1 aliphatic heterocycles. The summed E-state index contributed by atoms with van der Waals surface area (Å²) in [7, 11) is 1.80. The lowest BCUT2D eigenvalue weighted by Crippen LogP contribution is -2.38. The largest absolute Gasteiger partial charge is 0.339 e. The number of hydrogen-bond acceptors (Lipinski definition) is 2. The van der Waals surface area contributed by atoms with E-state index in [2.05, 4.69) is 12.2 Å². The molecule has 0 spiro atoms. The van der Waals surface area contributed by atoms with Gasteiger partial charge in [-0.05, 0) is 26.8 Å². The molecule has 0 aliphatic carbocycles. The molecule has 0 radical (unpaired) electrons. The molecule has 11 heavy (non-hydrogen) atoms. The topological polar surface area (TPSA) is 32.3 Å². The summed E-state index contributed by atoms with van der Waals surface area (Å²) in [5, 5.41) is 2.87. The Bertz CT molecular complexity index is 147. The van der Waals surface area contributed by atoms with Gasteiger partial charge in [0.1, 0.15) is 0 Å². The van der Waals surface area contributed by atoms with Crippen LogP contribution in [-0.4, -0.2) is 37.0 Å². The summed E-state index contributed by atoms with van der Waals surface area (Å²) in [6.45, 7) is 3.53. The van der Waals surface area contributed by atoms with Crippen molar-refractivity contribution >= 4 is 5.91 Å². The molecule has 0 bridgehead atoms. The third-order valence-electron chi connectivity index (χ3n) is 2.20. The lowest BCUT2D eigenvalue weighted by atomic mass is 10.2. The minimum Gasteiger partial charge on any atom is -0.339 e. The lowest BCUT2D eigenvalue weighted by Gasteiger charge is -2.20. The van der Waals surface area contributed by atoms with Gasteiger partial charge in [0, 0.05) is 12.6 Å². The Labute approximate surface area is 67.8 Å². The number of carbonyl (C=O) groups excluding carboxylic acids is 1. The van der Waals surface area contributed by atoms with Crippen LogP contribution < -0.4 is 5.32 Å². The van der Waals surface area contributed by atoms with E-state index in [-0.39, 0.29) is 5.91 Å². The Balaban J connectivity index is 2.39. The third-order valence-corrected chi connectivity index (χ3v) is 2.20. The van der Waals surface area contributed by atoms with E-state index in [1.165, 1.54) is 0 Å². The molecule has 0 saturated carbocycles. The van der Waals surface area contributed by atoms with Gasteiger partial charge in [-0.3, -0.25) is 4.79 Å². The summed E-state index contributed by atoms with van der Waals surface area (Å²) < 4.78 is 0. The smallest absolute Gasteiger partial charge is 0.236 e. The predicted octanol–water partition coefficient (Wildman–Crippen LogP) is 0.217. The van der Waals surface area contributed by atoms with E-state index in [4.69, 9.17) is 0 Å². The number of amides is 1. The Morgan fingerprint density at radius 3 is 2.91 bits per heavy atom. The molecule has 1 N–H and O–H groups in total. The van der Waals surface area contributed by atoms with Gasteiger partial charge in [0.05, 0.1) is 6.54 Å². The highest BCUT2D eigenvalue weighted by molar-refractivity contribution is 5.78. The predicted molar refractivity (Wildman–Crippen MR) is 44.3 cm³/mol. The van der Waals surface area contributed by atoms with Crippen molar-refractivity contribution in [3.63, 3.8) is 0 Å². The second kappa shape index (κ2) is 3.72. The lowest BCUT2D eigenvalue weighted by molar-refractivity contribution is -0.130. The van der Waals surface area contributed by atoms with Crippen molar-refractivity contribution in [2.75, 3.05) is 20.1 Å². The number of likely N-dealkylation sites (tertiary alicyclic amines) is 1. The average Bonchev–Trinajstić information content (AvgIpc) is 2.36. The van der Waals surface area contributed by atoms with Crippen molar-refractivity contribution in [3.8, 4) is 0 Å². The van der Waals surface area contributed by atoms with Gasteiger partial charge in [-0.2, -0.15) is 0 Å². The fraction of sp³-hybridized carbons (Fsp3) is 0.875. The van der Waals surface area contributed by atoms with E-state index in [0.717, 1.165) is 19.4 Å². The molecule has 0 aromatic carbocycles. The first-order valence-corrected chi connectivity index (χ1v) is 4.19. The maximum absolute atomic E-state index is 11.3. The molecular weight excluding hydrogens is 140 g/mol. The zero-order chi connectivity index (χ0) is 8.27. The average molecular weight is 156 g/mol. The summed E-state index contributed by atoms with van der Waals surface area (Å²) >= 11 is 0. The monoisotopic (exact) mass is 156 g/mol. The summed E-state index contributed by atoms with van der Waals surface area (Å²) in [6.07, 6.45) is 2.33. The van der Waals surface area contributed by atoms with Gasteiger partial charge in [0.25, 0.3) is 0 Å². The van der Waals surface area contributed by atoms with Crippen LogP contribution in [0.5, 0.6) is 0 Å². The van der Waals surface area contributed by atoms with Gasteiger partial charge < -0.3 is 10.2 Å². The maximum Gasteiger partial charge on any atom is 0.236 e. The molecule has 1 unspecified atom stereocenters. The summed E-state index contributed by atoms with van der Waals surface area (Å²) in [5.41, 5.74) is 0. The molecule has 3 nitrogen and oxygen atoms in total. The molecule has 1 heterocycles. The van der Waals surface area contributed by atoms with Gasteiger partial charge in [-0.15, -0.1) is 0 Å². The highest BCUT2D eigenvalue weighted by Gasteiger charge is 2.23. The number of nitrogens with zero attached hydrogens (tertiary/aromatic N) is 1. The second-order valence-corrected chi connectivity index (χ2v) is 3.11. The minimum atomic E-state index is 0.234. The van der Waals surface area contributed by atoms with Crippen LogP contribution in [0.1, 0.15) is 19.8 Å². The molecule has 1 amide bonds. The Morgan fingerprint density at radius 2 is 2.45 bits per heavy atom. The molecule has 3 heteroatoms. The molecule has 1 rings (SSSR count). The Morgan fingerprint density at radius 1 is 1.73 bits per heavy atom. The molecule has 0 aromatic rings. The molecule has 1 fully saturated rings. The number of rotatable bonds is 2. The molecule has 64 valence electrons. The Hall–Kier alpha value is -0.570. The van der Waals surface area contributed by atoms with Crippen LogP contribution in [0.4, 0.5) is 0 Å². The molecular formula is C8H16N2O. The Kier molecular flexibility index (Phi) is 2.88. The van der Waals surface area contributed by atoms with Gasteiger partial charge >= 0.3 is 0 Å². The van der Waals surface area contributed by atoms with Crippen LogP contribution in [0, 0.1) is 0 Å². The quantitative estimate of drug-likeness (QED) is 0.620. The summed E-state index contributed by atoms with van der Waals surface area (Å²) in [5.74, 6) is 0.234. The van der Waals surface area contributed by atoms with E-state index in [1.54, 1.807) is 7.05 Å². The number of carbonyl (C=O) groups is 1. The van der Waals surface area contributed by atoms with Crippen LogP contribution in [0.3, 0.4) is 0 Å². The van der Waals surface area contributed by atoms with Gasteiger partial charge in [-0.25, -0.2) is 0 Å². The van der Waals surface area contributed by atoms with Crippen molar-refractivity contribution in [3.05, 3.63) is 0 Å². The van der Waals surface area contributed by atoms with Gasteiger partial charge in [0.15, 0.2) is 0 Å². The van der Waals surface area contributed by atoms with Crippen LogP contribution in [-0.2, 0) is 4.79 Å². The zero-order valence-electron chi connectivity index (χ0n) is 7.26. The molecule has 0 aromatic heterocycles. The zero-order valence-corrected chi connectivity index (χ0v) is 7.26. The van der Waals surface area contributed by atoms with Crippen molar-refractivity contribution in [1.82, 2.24) is 10.2 Å². The van der Waals surface area contributed by atoms with E-state index in [1.807, 2.05) is 4.90 Å². The number of hydrogen-bond donors (Lipinski definition) is 1. The highest BCUT2D eigenvalue weighted by Crippen LogP contribution is 2.15. The van der Waals surface area contributed by atoms with Crippen LogP contribution in [0.15, 0.2) is 0 Å². The third kappa shape index (κ3) is 1.93. The normalized spacial score (nSPS) is 24.2. The van der Waals surface area contributed by atoms with E-state index in [0.29, 0.717) is 12.6 Å². The van der Waals surface area contributed by atoms with Crippen molar-refractivity contribution in [1.29, 1.82) is 0 Å². The first-order valence-electron chi connectivity index (χ1n) is 4.19. The number of nitrogens with one attached hydrogen (secondary N) is 1. The fourth-order valence-corrected chi connectivity index (χ4v) is 1.56. The molecule has 1 atom stereocenters. The van der Waals surface area contributed by atoms with E-state index >= 15 is 0 Å². The van der Waals surface area contributed by atoms with E-state index in [9.17, 15) is 4.79 Å². The van der Waals surface area contributed by atoms with Crippen molar-refractivity contribution in [2.45, 2.75) is 25.8 Å². The molecule has 1 aliphatic rings. The maximum atomic E-state index is 11.3. The SMILES string of the molecule is CNCC(=O)N1CCCC1C. The first-order chi connectivity index (χ1) is 5.25. The first kappa shape index (κ1) is 8.53. The minimum absolute atomic E-state index is 0.234. The summed E-state index contributed by atoms with van der Waals surface area (Å²) in [6, 6.07) is 0.454. The second-order valence-electron chi connectivity index (χ2n) is 3.11.